The number of benzene rings is 2. The molecule has 8 heteroatoms. The van der Waals surface area contributed by atoms with E-state index in [2.05, 4.69) is 15.9 Å². The third-order valence-electron chi connectivity index (χ3n) is 4.87. The molecule has 2 aromatic carbocycles. The number of halogens is 1. The summed E-state index contributed by atoms with van der Waals surface area (Å²) in [6, 6.07) is 9.62. The zero-order chi connectivity index (χ0) is 24.0. The molecule has 0 aliphatic carbocycles. The minimum atomic E-state index is -0.324. The van der Waals surface area contributed by atoms with Crippen LogP contribution in [0, 0.1) is 13.8 Å². The highest BCUT2D eigenvalue weighted by Crippen LogP contribution is 2.39. The number of imide groups is 1. The van der Waals surface area contributed by atoms with Crippen LogP contribution in [0.3, 0.4) is 0 Å². The van der Waals surface area contributed by atoms with Gasteiger partial charge in [-0.2, -0.15) is 0 Å². The Kier molecular flexibility index (Phi) is 8.86. The first-order valence-electron chi connectivity index (χ1n) is 10.9. The molecule has 0 radical (unpaired) electrons. The Bertz CT molecular complexity index is 1070. The van der Waals surface area contributed by atoms with Gasteiger partial charge in [-0.1, -0.05) is 19.1 Å². The summed E-state index contributed by atoms with van der Waals surface area (Å²) in [6.45, 7) is 9.36. The first-order valence-corrected chi connectivity index (χ1v) is 12.5. The Morgan fingerprint density at radius 3 is 2.52 bits per heavy atom. The molecular weight excluding hydrogens is 506 g/mol. The zero-order valence-corrected chi connectivity index (χ0v) is 21.7. The van der Waals surface area contributed by atoms with Gasteiger partial charge < -0.3 is 14.2 Å². The normalized spacial score (nSPS) is 14.8. The van der Waals surface area contributed by atoms with Crippen LogP contribution >= 0.6 is 27.7 Å². The molecule has 0 saturated carbocycles. The van der Waals surface area contributed by atoms with Crippen molar-refractivity contribution in [1.82, 2.24) is 4.90 Å². The highest BCUT2D eigenvalue weighted by Gasteiger charge is 2.35. The van der Waals surface area contributed by atoms with E-state index < -0.39 is 0 Å². The maximum Gasteiger partial charge on any atom is 0.293 e. The summed E-state index contributed by atoms with van der Waals surface area (Å²) in [5.74, 6) is 1.66. The van der Waals surface area contributed by atoms with Gasteiger partial charge >= 0.3 is 0 Å². The van der Waals surface area contributed by atoms with E-state index in [9.17, 15) is 9.59 Å². The van der Waals surface area contributed by atoms with Crippen LogP contribution in [0.2, 0.25) is 0 Å². The Balaban J connectivity index is 1.72. The summed E-state index contributed by atoms with van der Waals surface area (Å²) < 4.78 is 18.1. The number of aryl methyl sites for hydroxylation is 2. The molecule has 0 atom stereocenters. The van der Waals surface area contributed by atoms with Gasteiger partial charge in [-0.25, -0.2) is 0 Å². The first-order chi connectivity index (χ1) is 15.8. The van der Waals surface area contributed by atoms with Crippen LogP contribution in [0.15, 0.2) is 39.7 Å². The Morgan fingerprint density at radius 1 is 1.00 bits per heavy atom. The van der Waals surface area contributed by atoms with Gasteiger partial charge in [0.05, 0.1) is 29.1 Å². The lowest BCUT2D eigenvalue weighted by atomic mass is 10.1. The van der Waals surface area contributed by atoms with E-state index in [1.54, 1.807) is 6.08 Å². The van der Waals surface area contributed by atoms with E-state index >= 15 is 0 Å². The predicted octanol–water partition coefficient (Wildman–Crippen LogP) is 6.37. The molecule has 1 heterocycles. The molecule has 0 N–H and O–H groups in total. The Hall–Kier alpha value is -2.45. The minimum absolute atomic E-state index is 0.188. The SMILES string of the molecule is CCCOc1c(Br)cc(/C=C2\SC(=O)N(CCOc3cc(C)ccc3C)C2=O)cc1OCC. The molecule has 176 valence electrons. The van der Waals surface area contributed by atoms with E-state index in [1.807, 2.05) is 58.0 Å². The lowest BCUT2D eigenvalue weighted by Crippen LogP contribution is -2.32. The maximum absolute atomic E-state index is 12.9. The summed E-state index contributed by atoms with van der Waals surface area (Å²) >= 11 is 4.46. The van der Waals surface area contributed by atoms with Crippen molar-refractivity contribution < 1.29 is 23.8 Å². The van der Waals surface area contributed by atoms with Crippen LogP contribution in [-0.4, -0.2) is 42.4 Å². The Morgan fingerprint density at radius 2 is 1.79 bits per heavy atom. The van der Waals surface area contributed by atoms with Crippen LogP contribution in [0.1, 0.15) is 37.0 Å². The van der Waals surface area contributed by atoms with Crippen LogP contribution in [0.4, 0.5) is 4.79 Å². The van der Waals surface area contributed by atoms with Gasteiger partial charge in [0.25, 0.3) is 11.1 Å². The fourth-order valence-electron chi connectivity index (χ4n) is 3.23. The largest absolute Gasteiger partial charge is 0.491 e. The topological polar surface area (TPSA) is 65.1 Å². The van der Waals surface area contributed by atoms with Crippen LogP contribution < -0.4 is 14.2 Å². The van der Waals surface area contributed by atoms with Crippen molar-refractivity contribution in [3.63, 3.8) is 0 Å². The number of nitrogens with zero attached hydrogens (tertiary/aromatic N) is 1. The zero-order valence-electron chi connectivity index (χ0n) is 19.3. The van der Waals surface area contributed by atoms with Gasteiger partial charge in [-0.3, -0.25) is 14.5 Å². The van der Waals surface area contributed by atoms with E-state index in [1.165, 1.54) is 4.90 Å². The second kappa shape index (κ2) is 11.6. The Labute approximate surface area is 207 Å². The van der Waals surface area contributed by atoms with Crippen molar-refractivity contribution in [2.24, 2.45) is 0 Å². The average Bonchev–Trinajstić information content (AvgIpc) is 3.03. The van der Waals surface area contributed by atoms with Crippen LogP contribution in [0.25, 0.3) is 6.08 Å². The first kappa shape index (κ1) is 25.2. The number of amides is 2. The molecule has 1 fully saturated rings. The van der Waals surface area contributed by atoms with Crippen molar-refractivity contribution in [3.05, 3.63) is 56.4 Å². The van der Waals surface area contributed by atoms with E-state index in [0.29, 0.717) is 29.6 Å². The van der Waals surface area contributed by atoms with Gasteiger partial charge in [0, 0.05) is 0 Å². The summed E-state index contributed by atoms with van der Waals surface area (Å²) in [6.07, 6.45) is 2.58. The third kappa shape index (κ3) is 6.32. The monoisotopic (exact) mass is 533 g/mol. The summed E-state index contributed by atoms with van der Waals surface area (Å²) in [7, 11) is 0. The maximum atomic E-state index is 12.9. The molecule has 0 aromatic heterocycles. The molecule has 0 unspecified atom stereocenters. The highest BCUT2D eigenvalue weighted by atomic mass is 79.9. The molecule has 1 aliphatic heterocycles. The molecular formula is C25H28BrNO5S. The number of hydrogen-bond donors (Lipinski definition) is 0. The number of carbonyl (C=O) groups is 2. The van der Waals surface area contributed by atoms with Gasteiger partial charge in [0.2, 0.25) is 0 Å². The molecule has 2 amide bonds. The van der Waals surface area contributed by atoms with Crippen molar-refractivity contribution in [2.45, 2.75) is 34.1 Å². The predicted molar refractivity (Wildman–Crippen MR) is 135 cm³/mol. The summed E-state index contributed by atoms with van der Waals surface area (Å²) in [5.41, 5.74) is 2.84. The number of ether oxygens (including phenoxy) is 3. The van der Waals surface area contributed by atoms with Crippen molar-refractivity contribution in [1.29, 1.82) is 0 Å². The quantitative estimate of drug-likeness (QED) is 0.330. The standard InChI is InChI=1S/C25H28BrNO5S/c1-5-10-32-23-19(26)13-18(14-21(23)30-6-2)15-22-24(28)27(25(29)33-22)9-11-31-20-12-16(3)7-8-17(20)4/h7-8,12-15H,5-6,9-11H2,1-4H3/b22-15-. The van der Waals surface area contributed by atoms with Crippen molar-refractivity contribution in [3.8, 4) is 17.2 Å². The molecule has 2 aromatic rings. The van der Waals surface area contributed by atoms with Crippen molar-refractivity contribution >= 4 is 44.9 Å². The van der Waals surface area contributed by atoms with Crippen LogP contribution in [-0.2, 0) is 4.79 Å². The molecule has 1 aliphatic rings. The second-order valence-corrected chi connectivity index (χ2v) is 9.41. The fourth-order valence-corrected chi connectivity index (χ4v) is 4.67. The number of carbonyl (C=O) groups excluding carboxylic acids is 2. The molecule has 0 spiro atoms. The summed E-state index contributed by atoms with van der Waals surface area (Å²) in [4.78, 5) is 26.9. The third-order valence-corrected chi connectivity index (χ3v) is 6.37. The molecule has 33 heavy (non-hydrogen) atoms. The number of thioether (sulfide) groups is 1. The highest BCUT2D eigenvalue weighted by molar-refractivity contribution is 9.10. The molecule has 3 rings (SSSR count). The smallest absolute Gasteiger partial charge is 0.293 e. The van der Waals surface area contributed by atoms with Crippen molar-refractivity contribution in [2.75, 3.05) is 26.4 Å². The van der Waals surface area contributed by atoms with Gasteiger partial charge in [-0.05, 0) is 95.8 Å². The van der Waals surface area contributed by atoms with Crippen LogP contribution in [0.5, 0.6) is 17.2 Å². The second-order valence-electron chi connectivity index (χ2n) is 7.56. The van der Waals surface area contributed by atoms with E-state index in [-0.39, 0.29) is 24.3 Å². The fraction of sp³-hybridized carbons (Fsp3) is 0.360. The lowest BCUT2D eigenvalue weighted by molar-refractivity contribution is -0.123. The van der Waals surface area contributed by atoms with Gasteiger partial charge in [-0.15, -0.1) is 0 Å². The van der Waals surface area contributed by atoms with E-state index in [4.69, 9.17) is 14.2 Å². The van der Waals surface area contributed by atoms with Gasteiger partial charge in [0.15, 0.2) is 11.5 Å². The van der Waals surface area contributed by atoms with E-state index in [0.717, 1.165) is 45.1 Å². The minimum Gasteiger partial charge on any atom is -0.491 e. The summed E-state index contributed by atoms with van der Waals surface area (Å²) in [5, 5.41) is -0.303. The number of rotatable bonds is 10. The van der Waals surface area contributed by atoms with Gasteiger partial charge in [0.1, 0.15) is 12.4 Å². The molecule has 0 bridgehead atoms. The molecule has 6 nitrogen and oxygen atoms in total. The molecule has 1 saturated heterocycles. The lowest BCUT2D eigenvalue weighted by Gasteiger charge is -2.15. The number of hydrogen-bond acceptors (Lipinski definition) is 6. The average molecular weight is 534 g/mol.